The number of nitrogens with one attached hydrogen (secondary N) is 1. The van der Waals surface area contributed by atoms with Crippen molar-refractivity contribution in [1.29, 1.82) is 0 Å². The number of aromatic nitrogens is 2. The van der Waals surface area contributed by atoms with Crippen LogP contribution in [0.2, 0.25) is 5.02 Å². The van der Waals surface area contributed by atoms with E-state index in [0.717, 1.165) is 30.5 Å². The van der Waals surface area contributed by atoms with Crippen molar-refractivity contribution in [2.75, 3.05) is 11.9 Å². The summed E-state index contributed by atoms with van der Waals surface area (Å²) in [4.78, 5) is 4.35. The maximum absolute atomic E-state index is 5.87. The molecule has 102 valence electrons. The van der Waals surface area contributed by atoms with Crippen molar-refractivity contribution in [2.45, 2.75) is 26.8 Å². The first-order valence-corrected chi connectivity index (χ1v) is 7.02. The maximum Gasteiger partial charge on any atom is 0.202 e. The van der Waals surface area contributed by atoms with Crippen molar-refractivity contribution in [3.05, 3.63) is 47.2 Å². The van der Waals surface area contributed by atoms with Gasteiger partial charge in [0.05, 0.1) is 0 Å². The Labute approximate surface area is 119 Å². The van der Waals surface area contributed by atoms with Crippen LogP contribution in [0.4, 0.5) is 5.95 Å². The summed E-state index contributed by atoms with van der Waals surface area (Å²) >= 11 is 5.87. The lowest BCUT2D eigenvalue weighted by Gasteiger charge is -2.11. The molecule has 1 aromatic heterocycles. The van der Waals surface area contributed by atoms with Crippen molar-refractivity contribution in [3.8, 4) is 0 Å². The van der Waals surface area contributed by atoms with Crippen LogP contribution in [0.5, 0.6) is 0 Å². The van der Waals surface area contributed by atoms with E-state index in [1.165, 1.54) is 5.56 Å². The number of benzene rings is 1. The highest BCUT2D eigenvalue weighted by Crippen LogP contribution is 2.11. The highest BCUT2D eigenvalue weighted by Gasteiger charge is 2.03. The monoisotopic (exact) mass is 277 g/mol. The Kier molecular flexibility index (Phi) is 4.86. The fourth-order valence-corrected chi connectivity index (χ4v) is 2.11. The van der Waals surface area contributed by atoms with E-state index < -0.39 is 0 Å². The molecule has 1 N–H and O–H groups in total. The number of hydrogen-bond donors (Lipinski definition) is 1. The van der Waals surface area contributed by atoms with Crippen molar-refractivity contribution in [2.24, 2.45) is 5.92 Å². The molecule has 19 heavy (non-hydrogen) atoms. The minimum atomic E-state index is 0.617. The van der Waals surface area contributed by atoms with Crippen LogP contribution < -0.4 is 5.32 Å². The molecule has 2 aromatic rings. The van der Waals surface area contributed by atoms with Crippen molar-refractivity contribution >= 4 is 17.5 Å². The second-order valence-electron chi connectivity index (χ2n) is 5.10. The zero-order chi connectivity index (χ0) is 13.7. The van der Waals surface area contributed by atoms with Gasteiger partial charge in [-0.25, -0.2) is 4.98 Å². The van der Waals surface area contributed by atoms with Gasteiger partial charge in [0.15, 0.2) is 0 Å². The van der Waals surface area contributed by atoms with E-state index in [9.17, 15) is 0 Å². The SMILES string of the molecule is CC(C)Cn1ccnc1NCCc1ccc(Cl)cc1. The van der Waals surface area contributed by atoms with Crippen LogP contribution in [0, 0.1) is 5.92 Å². The van der Waals surface area contributed by atoms with Gasteiger partial charge in [-0.1, -0.05) is 37.6 Å². The summed E-state index contributed by atoms with van der Waals surface area (Å²) < 4.78 is 2.16. The number of nitrogens with zero attached hydrogens (tertiary/aromatic N) is 2. The van der Waals surface area contributed by atoms with Gasteiger partial charge in [0.25, 0.3) is 0 Å². The van der Waals surface area contributed by atoms with E-state index in [0.29, 0.717) is 5.92 Å². The molecule has 0 unspecified atom stereocenters. The predicted octanol–water partition coefficient (Wildman–Crippen LogP) is 3.85. The van der Waals surface area contributed by atoms with Gasteiger partial charge in [0.1, 0.15) is 0 Å². The van der Waals surface area contributed by atoms with Gasteiger partial charge in [0.2, 0.25) is 5.95 Å². The van der Waals surface area contributed by atoms with E-state index in [1.807, 2.05) is 24.5 Å². The Hall–Kier alpha value is -1.48. The zero-order valence-corrected chi connectivity index (χ0v) is 12.2. The molecule has 0 aliphatic rings. The van der Waals surface area contributed by atoms with Crippen LogP contribution in [0.1, 0.15) is 19.4 Å². The molecule has 3 nitrogen and oxygen atoms in total. The van der Waals surface area contributed by atoms with Gasteiger partial charge in [-0.05, 0) is 30.0 Å². The molecule has 1 heterocycles. The third kappa shape index (κ3) is 4.28. The molecule has 0 fully saturated rings. The first-order valence-electron chi connectivity index (χ1n) is 6.64. The van der Waals surface area contributed by atoms with E-state index in [-0.39, 0.29) is 0 Å². The Balaban J connectivity index is 1.85. The first-order chi connectivity index (χ1) is 9.15. The molecule has 0 saturated heterocycles. The molecule has 0 amide bonds. The lowest BCUT2D eigenvalue weighted by atomic mass is 10.1. The van der Waals surface area contributed by atoms with Crippen LogP contribution in [0.25, 0.3) is 0 Å². The standard InChI is InChI=1S/C15H20ClN3/c1-12(2)11-19-10-9-18-15(19)17-8-7-13-3-5-14(16)6-4-13/h3-6,9-10,12H,7-8,11H2,1-2H3,(H,17,18). The Morgan fingerprint density at radius 1 is 1.26 bits per heavy atom. The second-order valence-corrected chi connectivity index (χ2v) is 5.54. The smallest absolute Gasteiger partial charge is 0.202 e. The molecule has 0 aliphatic heterocycles. The van der Waals surface area contributed by atoms with E-state index in [1.54, 1.807) is 0 Å². The third-order valence-corrected chi connectivity index (χ3v) is 3.14. The van der Waals surface area contributed by atoms with Crippen LogP contribution in [-0.4, -0.2) is 16.1 Å². The van der Waals surface area contributed by atoms with Crippen molar-refractivity contribution < 1.29 is 0 Å². The first kappa shape index (κ1) is 13.9. The van der Waals surface area contributed by atoms with Gasteiger partial charge in [0, 0.05) is 30.5 Å². The predicted molar refractivity (Wildman–Crippen MR) is 80.7 cm³/mol. The van der Waals surface area contributed by atoms with Crippen LogP contribution >= 0.6 is 11.6 Å². The summed E-state index contributed by atoms with van der Waals surface area (Å²) in [5, 5.41) is 4.16. The molecule has 0 aliphatic carbocycles. The minimum Gasteiger partial charge on any atom is -0.355 e. The molecular formula is C15H20ClN3. The van der Waals surface area contributed by atoms with Crippen LogP contribution in [0.3, 0.4) is 0 Å². The fourth-order valence-electron chi connectivity index (χ4n) is 1.99. The largest absolute Gasteiger partial charge is 0.355 e. The summed E-state index contributed by atoms with van der Waals surface area (Å²) in [6.45, 7) is 6.27. The molecular weight excluding hydrogens is 258 g/mol. The molecule has 2 rings (SSSR count). The molecule has 0 spiro atoms. The van der Waals surface area contributed by atoms with Gasteiger partial charge in [-0.2, -0.15) is 0 Å². The Morgan fingerprint density at radius 2 is 2.00 bits per heavy atom. The summed E-state index contributed by atoms with van der Waals surface area (Å²) in [5.41, 5.74) is 1.28. The second kappa shape index (κ2) is 6.62. The van der Waals surface area contributed by atoms with Gasteiger partial charge < -0.3 is 9.88 Å². The van der Waals surface area contributed by atoms with Gasteiger partial charge in [-0.3, -0.25) is 0 Å². The van der Waals surface area contributed by atoms with E-state index in [4.69, 9.17) is 11.6 Å². The maximum atomic E-state index is 5.87. The summed E-state index contributed by atoms with van der Waals surface area (Å²) in [7, 11) is 0. The average molecular weight is 278 g/mol. The molecule has 0 atom stereocenters. The van der Waals surface area contributed by atoms with Crippen LogP contribution in [-0.2, 0) is 13.0 Å². The van der Waals surface area contributed by atoms with Gasteiger partial charge >= 0.3 is 0 Å². The quantitative estimate of drug-likeness (QED) is 0.869. The fraction of sp³-hybridized carbons (Fsp3) is 0.400. The molecule has 1 aromatic carbocycles. The number of rotatable bonds is 6. The van der Waals surface area contributed by atoms with Crippen LogP contribution in [0.15, 0.2) is 36.7 Å². The minimum absolute atomic E-state index is 0.617. The highest BCUT2D eigenvalue weighted by atomic mass is 35.5. The summed E-state index contributed by atoms with van der Waals surface area (Å²) in [6.07, 6.45) is 4.82. The highest BCUT2D eigenvalue weighted by molar-refractivity contribution is 6.30. The summed E-state index contributed by atoms with van der Waals surface area (Å²) in [5.74, 6) is 1.56. The normalized spacial score (nSPS) is 10.9. The number of imidazole rings is 1. The van der Waals surface area contributed by atoms with E-state index in [2.05, 4.69) is 40.8 Å². The number of anilines is 1. The molecule has 0 saturated carbocycles. The third-order valence-electron chi connectivity index (χ3n) is 2.89. The topological polar surface area (TPSA) is 29.9 Å². The zero-order valence-electron chi connectivity index (χ0n) is 11.4. The lowest BCUT2D eigenvalue weighted by Crippen LogP contribution is -2.12. The Morgan fingerprint density at radius 3 is 2.68 bits per heavy atom. The lowest BCUT2D eigenvalue weighted by molar-refractivity contribution is 0.526. The molecule has 0 radical (unpaired) electrons. The number of hydrogen-bond acceptors (Lipinski definition) is 2. The number of halogens is 1. The Bertz CT molecular complexity index is 502. The average Bonchev–Trinajstić information content (AvgIpc) is 2.78. The molecule has 0 bridgehead atoms. The van der Waals surface area contributed by atoms with Crippen molar-refractivity contribution in [1.82, 2.24) is 9.55 Å². The summed E-state index contributed by atoms with van der Waals surface area (Å²) in [6, 6.07) is 7.97. The van der Waals surface area contributed by atoms with Gasteiger partial charge in [-0.15, -0.1) is 0 Å². The molecule has 4 heteroatoms. The van der Waals surface area contributed by atoms with Crippen molar-refractivity contribution in [3.63, 3.8) is 0 Å². The van der Waals surface area contributed by atoms with E-state index >= 15 is 0 Å².